The molecule has 26 heavy (non-hydrogen) atoms. The summed E-state index contributed by atoms with van der Waals surface area (Å²) in [5.41, 5.74) is 2.13. The van der Waals surface area contributed by atoms with Gasteiger partial charge in [0.1, 0.15) is 17.8 Å². The lowest BCUT2D eigenvalue weighted by Crippen LogP contribution is -2.22. The highest BCUT2D eigenvalue weighted by molar-refractivity contribution is 7.71. The number of methoxy groups -OCH3 is 2. The van der Waals surface area contributed by atoms with Crippen LogP contribution >= 0.6 is 12.2 Å². The highest BCUT2D eigenvalue weighted by atomic mass is 32.1. The fourth-order valence-corrected chi connectivity index (χ4v) is 2.95. The van der Waals surface area contributed by atoms with Crippen molar-refractivity contribution in [2.45, 2.75) is 13.2 Å². The maximum absolute atomic E-state index is 5.58. The molecule has 136 valence electrons. The molecule has 6 nitrogen and oxygen atoms in total. The van der Waals surface area contributed by atoms with Crippen molar-refractivity contribution in [3.63, 3.8) is 0 Å². The standard InChI is InChI=1S/C19H22N4O2S/c1-21(12-15-7-9-17(24-2)10-8-15)14-23-19(26)22(13-20-23)16-5-4-6-18(11-16)25-3/h4-11,13H,12,14H2,1-3H3. The van der Waals surface area contributed by atoms with Crippen LogP contribution in [0.25, 0.3) is 5.69 Å². The average Bonchev–Trinajstić information content (AvgIpc) is 3.02. The third-order valence-electron chi connectivity index (χ3n) is 4.05. The van der Waals surface area contributed by atoms with Gasteiger partial charge in [-0.1, -0.05) is 18.2 Å². The quantitative estimate of drug-likeness (QED) is 0.596. The summed E-state index contributed by atoms with van der Waals surface area (Å²) in [7, 11) is 5.36. The fourth-order valence-electron chi connectivity index (χ4n) is 2.69. The van der Waals surface area contributed by atoms with Crippen molar-refractivity contribution in [1.82, 2.24) is 19.2 Å². The van der Waals surface area contributed by atoms with Gasteiger partial charge in [0.25, 0.3) is 0 Å². The minimum Gasteiger partial charge on any atom is -0.497 e. The third-order valence-corrected chi connectivity index (χ3v) is 4.46. The van der Waals surface area contributed by atoms with E-state index in [2.05, 4.69) is 22.1 Å². The summed E-state index contributed by atoms with van der Waals surface area (Å²) in [6.07, 6.45) is 1.73. The molecule has 0 aliphatic rings. The van der Waals surface area contributed by atoms with Crippen LogP contribution in [-0.2, 0) is 13.2 Å². The van der Waals surface area contributed by atoms with Gasteiger partial charge in [-0.25, -0.2) is 4.68 Å². The zero-order valence-electron chi connectivity index (χ0n) is 15.1. The second kappa shape index (κ2) is 8.16. The van der Waals surface area contributed by atoms with Crippen LogP contribution in [0.5, 0.6) is 11.5 Å². The minimum absolute atomic E-state index is 0.599. The van der Waals surface area contributed by atoms with Crippen LogP contribution < -0.4 is 9.47 Å². The summed E-state index contributed by atoms with van der Waals surface area (Å²) in [5.74, 6) is 1.64. The Bertz CT molecular complexity index is 918. The Morgan fingerprint density at radius 3 is 2.46 bits per heavy atom. The summed E-state index contributed by atoms with van der Waals surface area (Å²) in [6, 6.07) is 15.8. The number of ether oxygens (including phenoxy) is 2. The zero-order chi connectivity index (χ0) is 18.5. The molecule has 3 rings (SSSR count). The van der Waals surface area contributed by atoms with Gasteiger partial charge in [-0.15, -0.1) is 0 Å². The highest BCUT2D eigenvalue weighted by Gasteiger charge is 2.08. The summed E-state index contributed by atoms with van der Waals surface area (Å²) < 4.78 is 14.8. The summed E-state index contributed by atoms with van der Waals surface area (Å²) in [6.45, 7) is 1.39. The molecule has 0 aliphatic heterocycles. The highest BCUT2D eigenvalue weighted by Crippen LogP contribution is 2.17. The van der Waals surface area contributed by atoms with Crippen molar-refractivity contribution in [1.29, 1.82) is 0 Å². The SMILES string of the molecule is COc1ccc(CN(C)Cn2ncn(-c3cccc(OC)c3)c2=S)cc1. The van der Waals surface area contributed by atoms with Gasteiger partial charge >= 0.3 is 0 Å². The second-order valence-corrected chi connectivity index (χ2v) is 6.35. The summed E-state index contributed by atoms with van der Waals surface area (Å²) >= 11 is 5.58. The molecule has 0 aliphatic carbocycles. The van der Waals surface area contributed by atoms with Crippen LogP contribution in [0.1, 0.15) is 5.56 Å². The van der Waals surface area contributed by atoms with E-state index in [1.807, 2.05) is 48.0 Å². The first-order valence-corrected chi connectivity index (χ1v) is 8.62. The van der Waals surface area contributed by atoms with Gasteiger partial charge in [0.15, 0.2) is 0 Å². The molecule has 0 N–H and O–H groups in total. The summed E-state index contributed by atoms with van der Waals surface area (Å²) in [5, 5.41) is 4.43. The van der Waals surface area contributed by atoms with Gasteiger partial charge in [0, 0.05) is 12.6 Å². The van der Waals surface area contributed by atoms with E-state index in [4.69, 9.17) is 21.7 Å². The molecule has 2 aromatic carbocycles. The van der Waals surface area contributed by atoms with Crippen molar-refractivity contribution < 1.29 is 9.47 Å². The normalized spacial score (nSPS) is 10.9. The zero-order valence-corrected chi connectivity index (χ0v) is 15.9. The van der Waals surface area contributed by atoms with E-state index >= 15 is 0 Å². The van der Waals surface area contributed by atoms with E-state index in [1.54, 1.807) is 25.2 Å². The van der Waals surface area contributed by atoms with Crippen molar-refractivity contribution >= 4 is 12.2 Å². The molecule has 0 fully saturated rings. The lowest BCUT2D eigenvalue weighted by molar-refractivity contribution is 0.244. The molecule has 3 aromatic rings. The van der Waals surface area contributed by atoms with Crippen LogP contribution in [0.15, 0.2) is 54.9 Å². The molecule has 0 radical (unpaired) electrons. The molecular formula is C19H22N4O2S. The monoisotopic (exact) mass is 370 g/mol. The second-order valence-electron chi connectivity index (χ2n) is 5.99. The Labute approximate surface area is 158 Å². The first kappa shape index (κ1) is 18.2. The molecular weight excluding hydrogens is 348 g/mol. The molecule has 0 saturated heterocycles. The van der Waals surface area contributed by atoms with Crippen LogP contribution in [0.2, 0.25) is 0 Å². The Balaban J connectivity index is 1.72. The molecule has 1 heterocycles. The van der Waals surface area contributed by atoms with E-state index in [0.29, 0.717) is 11.4 Å². The molecule has 0 atom stereocenters. The number of nitrogens with zero attached hydrogens (tertiary/aromatic N) is 4. The van der Waals surface area contributed by atoms with E-state index in [0.717, 1.165) is 23.7 Å². The summed E-state index contributed by atoms with van der Waals surface area (Å²) in [4.78, 5) is 2.15. The number of aromatic nitrogens is 3. The molecule has 0 unspecified atom stereocenters. The minimum atomic E-state index is 0.599. The van der Waals surface area contributed by atoms with Crippen LogP contribution in [0.4, 0.5) is 0 Å². The Kier molecular flexibility index (Phi) is 5.70. The lowest BCUT2D eigenvalue weighted by Gasteiger charge is -2.16. The Morgan fingerprint density at radius 2 is 1.77 bits per heavy atom. The van der Waals surface area contributed by atoms with Gasteiger partial charge in [-0.05, 0) is 49.1 Å². The van der Waals surface area contributed by atoms with E-state index in [1.165, 1.54) is 5.56 Å². The number of hydrogen-bond donors (Lipinski definition) is 0. The fraction of sp³-hybridized carbons (Fsp3) is 0.263. The van der Waals surface area contributed by atoms with Crippen LogP contribution in [0, 0.1) is 4.77 Å². The maximum atomic E-state index is 5.58. The van der Waals surface area contributed by atoms with Gasteiger partial charge in [-0.3, -0.25) is 9.47 Å². The van der Waals surface area contributed by atoms with Gasteiger partial charge in [-0.2, -0.15) is 5.10 Å². The van der Waals surface area contributed by atoms with Crippen molar-refractivity contribution in [3.05, 3.63) is 65.2 Å². The third kappa shape index (κ3) is 4.12. The molecule has 7 heteroatoms. The Morgan fingerprint density at radius 1 is 1.04 bits per heavy atom. The number of benzene rings is 2. The Hall–Kier alpha value is -2.64. The molecule has 0 bridgehead atoms. The average molecular weight is 370 g/mol. The van der Waals surface area contributed by atoms with Crippen molar-refractivity contribution in [2.75, 3.05) is 21.3 Å². The van der Waals surface area contributed by atoms with E-state index < -0.39 is 0 Å². The van der Waals surface area contributed by atoms with Gasteiger partial charge < -0.3 is 9.47 Å². The molecule has 0 saturated carbocycles. The van der Waals surface area contributed by atoms with Crippen LogP contribution in [0.3, 0.4) is 0 Å². The predicted molar refractivity (Wildman–Crippen MR) is 103 cm³/mol. The smallest absolute Gasteiger partial charge is 0.203 e. The largest absolute Gasteiger partial charge is 0.497 e. The van der Waals surface area contributed by atoms with E-state index in [-0.39, 0.29) is 0 Å². The number of rotatable bonds is 7. The van der Waals surface area contributed by atoms with Crippen LogP contribution in [-0.4, -0.2) is 40.5 Å². The van der Waals surface area contributed by atoms with Crippen molar-refractivity contribution in [3.8, 4) is 17.2 Å². The van der Waals surface area contributed by atoms with Gasteiger partial charge in [0.2, 0.25) is 4.77 Å². The lowest BCUT2D eigenvalue weighted by atomic mass is 10.2. The molecule has 1 aromatic heterocycles. The van der Waals surface area contributed by atoms with Crippen molar-refractivity contribution in [2.24, 2.45) is 0 Å². The maximum Gasteiger partial charge on any atom is 0.203 e. The predicted octanol–water partition coefficient (Wildman–Crippen LogP) is 3.51. The number of hydrogen-bond acceptors (Lipinski definition) is 5. The molecule has 0 spiro atoms. The van der Waals surface area contributed by atoms with Gasteiger partial charge in [0.05, 0.1) is 26.6 Å². The first-order valence-electron chi connectivity index (χ1n) is 8.21. The first-order chi connectivity index (χ1) is 12.6. The van der Waals surface area contributed by atoms with E-state index in [9.17, 15) is 0 Å². The topological polar surface area (TPSA) is 44.5 Å². The molecule has 0 amide bonds.